The predicted octanol–water partition coefficient (Wildman–Crippen LogP) is 3.72. The summed E-state index contributed by atoms with van der Waals surface area (Å²) in [7, 11) is 0. The third kappa shape index (κ3) is 3.53. The van der Waals surface area contributed by atoms with E-state index in [0.717, 1.165) is 16.7 Å². The monoisotopic (exact) mass is 249 g/mol. The Hall–Kier alpha value is -2.89. The molecule has 0 fully saturated rings. The van der Waals surface area contributed by atoms with Gasteiger partial charge in [0.05, 0.1) is 6.54 Å². The van der Waals surface area contributed by atoms with E-state index in [9.17, 15) is 5.11 Å². The molecule has 0 aliphatic rings. The lowest BCUT2D eigenvalue weighted by atomic mass is 10.0. The molecule has 0 amide bonds. The number of hydrogen-bond donors (Lipinski definition) is 1. The highest BCUT2D eigenvalue weighted by Crippen LogP contribution is 2.21. The molecule has 0 saturated carbocycles. The van der Waals surface area contributed by atoms with Crippen LogP contribution in [0.3, 0.4) is 0 Å². The minimum Gasteiger partial charge on any atom is -0.508 e. The molecule has 0 radical (unpaired) electrons. The largest absolute Gasteiger partial charge is 0.508 e. The molecule has 0 bridgehead atoms. The Bertz CT molecular complexity index is 657. The van der Waals surface area contributed by atoms with Crippen LogP contribution in [-0.4, -0.2) is 11.7 Å². The summed E-state index contributed by atoms with van der Waals surface area (Å²) in [6.45, 7) is 0.177. The van der Waals surface area contributed by atoms with Gasteiger partial charge in [0.2, 0.25) is 0 Å². The molecule has 0 atom stereocenters. The van der Waals surface area contributed by atoms with Crippen LogP contribution in [0.5, 0.6) is 5.75 Å². The fraction of sp³-hybridized carbons (Fsp3) is 0.0667. The molecule has 19 heavy (non-hydrogen) atoms. The number of phenolic OH excluding ortho intramolecular Hbond substituents is 1. The predicted molar refractivity (Wildman–Crippen MR) is 74.4 cm³/mol. The zero-order valence-corrected chi connectivity index (χ0v) is 10.1. The van der Waals surface area contributed by atoms with Crippen LogP contribution < -0.4 is 0 Å². The van der Waals surface area contributed by atoms with Crippen molar-refractivity contribution in [2.45, 2.75) is 0 Å². The first kappa shape index (κ1) is 12.6. The maximum Gasteiger partial charge on any atom is 0.115 e. The molecule has 0 unspecified atom stereocenters. The molecule has 0 aromatic heterocycles. The highest BCUT2D eigenvalue weighted by Gasteiger charge is 1.97. The normalized spacial score (nSPS) is 9.05. The van der Waals surface area contributed by atoms with E-state index >= 15 is 0 Å². The molecule has 92 valence electrons. The Morgan fingerprint density at radius 3 is 2.16 bits per heavy atom. The molecule has 0 spiro atoms. The first-order chi connectivity index (χ1) is 9.29. The van der Waals surface area contributed by atoms with Gasteiger partial charge in [0.1, 0.15) is 5.75 Å². The topological polar surface area (TPSA) is 69.0 Å². The molecule has 0 saturated heterocycles. The van der Waals surface area contributed by atoms with Gasteiger partial charge in [0.25, 0.3) is 0 Å². The summed E-state index contributed by atoms with van der Waals surface area (Å²) in [5, 5.41) is 12.6. The van der Waals surface area contributed by atoms with Crippen LogP contribution in [0.1, 0.15) is 5.56 Å². The summed E-state index contributed by atoms with van der Waals surface area (Å²) >= 11 is 0. The Morgan fingerprint density at radius 1 is 1.00 bits per heavy atom. The number of aromatic hydroxyl groups is 1. The summed E-state index contributed by atoms with van der Waals surface area (Å²) in [4.78, 5) is 2.63. The van der Waals surface area contributed by atoms with Gasteiger partial charge in [-0.15, -0.1) is 0 Å². The molecule has 2 aromatic carbocycles. The Balaban J connectivity index is 2.15. The third-order valence-electron chi connectivity index (χ3n) is 2.53. The molecule has 0 heterocycles. The van der Waals surface area contributed by atoms with Gasteiger partial charge in [0.15, 0.2) is 0 Å². The number of phenols is 1. The lowest BCUT2D eigenvalue weighted by Gasteiger charge is -2.01. The average Bonchev–Trinajstić information content (AvgIpc) is 2.45. The number of hydrogen-bond acceptors (Lipinski definition) is 2. The van der Waals surface area contributed by atoms with Gasteiger partial charge in [0, 0.05) is 10.5 Å². The number of nitrogens with zero attached hydrogens (tertiary/aromatic N) is 3. The fourth-order valence-electron chi connectivity index (χ4n) is 1.61. The van der Waals surface area contributed by atoms with Crippen molar-refractivity contribution in [3.63, 3.8) is 0 Å². The first-order valence-corrected chi connectivity index (χ1v) is 5.69. The molecular weight excluding hydrogens is 238 g/mol. The van der Waals surface area contributed by atoms with Crippen molar-refractivity contribution in [3.8, 4) is 28.7 Å². The van der Waals surface area contributed by atoms with Gasteiger partial charge >= 0.3 is 0 Å². The minimum absolute atomic E-state index is 0.177. The molecule has 0 aliphatic heterocycles. The number of rotatable bonds is 2. The van der Waals surface area contributed by atoms with Crippen molar-refractivity contribution in [2.24, 2.45) is 5.11 Å². The van der Waals surface area contributed by atoms with Crippen LogP contribution in [0.2, 0.25) is 0 Å². The van der Waals surface area contributed by atoms with Gasteiger partial charge in [-0.25, -0.2) is 0 Å². The van der Waals surface area contributed by atoms with Crippen molar-refractivity contribution in [3.05, 3.63) is 64.5 Å². The Labute approximate surface area is 111 Å². The zero-order valence-electron chi connectivity index (χ0n) is 10.1. The maximum absolute atomic E-state index is 9.24. The standard InChI is InChI=1S/C15H11N3O/c16-18-17-11-1-2-12-3-5-13(6-4-12)14-7-9-15(19)10-8-14/h3-10,19H,11H2. The van der Waals surface area contributed by atoms with E-state index in [0.29, 0.717) is 0 Å². The van der Waals surface area contributed by atoms with Gasteiger partial charge in [-0.05, 0) is 40.9 Å². The molecule has 4 nitrogen and oxygen atoms in total. The summed E-state index contributed by atoms with van der Waals surface area (Å²) in [5.41, 5.74) is 11.1. The quantitative estimate of drug-likeness (QED) is 0.374. The smallest absolute Gasteiger partial charge is 0.115 e. The van der Waals surface area contributed by atoms with Crippen LogP contribution in [0.15, 0.2) is 53.6 Å². The molecular formula is C15H11N3O. The summed E-state index contributed by atoms with van der Waals surface area (Å²) < 4.78 is 0. The number of benzene rings is 2. The van der Waals surface area contributed by atoms with Gasteiger partial charge in [-0.1, -0.05) is 41.2 Å². The second kappa shape index (κ2) is 6.15. The highest BCUT2D eigenvalue weighted by atomic mass is 16.3. The summed E-state index contributed by atoms with van der Waals surface area (Å²) in [6.07, 6.45) is 0. The lowest BCUT2D eigenvalue weighted by molar-refractivity contribution is 0.475. The summed E-state index contributed by atoms with van der Waals surface area (Å²) in [5.74, 6) is 5.93. The second-order valence-electron chi connectivity index (χ2n) is 3.81. The van der Waals surface area contributed by atoms with Crippen LogP contribution >= 0.6 is 0 Å². The van der Waals surface area contributed by atoms with Crippen LogP contribution in [0.4, 0.5) is 0 Å². The molecule has 1 N–H and O–H groups in total. The van der Waals surface area contributed by atoms with E-state index < -0.39 is 0 Å². The average molecular weight is 249 g/mol. The fourth-order valence-corrected chi connectivity index (χ4v) is 1.61. The van der Waals surface area contributed by atoms with Crippen molar-refractivity contribution in [1.82, 2.24) is 0 Å². The van der Waals surface area contributed by atoms with Crippen molar-refractivity contribution in [1.29, 1.82) is 0 Å². The third-order valence-corrected chi connectivity index (χ3v) is 2.53. The molecule has 2 aromatic rings. The Kier molecular flexibility index (Phi) is 4.07. The van der Waals surface area contributed by atoms with Crippen LogP contribution in [0.25, 0.3) is 21.6 Å². The van der Waals surface area contributed by atoms with E-state index in [2.05, 4.69) is 21.9 Å². The van der Waals surface area contributed by atoms with Crippen LogP contribution in [-0.2, 0) is 0 Å². The highest BCUT2D eigenvalue weighted by molar-refractivity contribution is 5.65. The van der Waals surface area contributed by atoms with Crippen molar-refractivity contribution >= 4 is 0 Å². The van der Waals surface area contributed by atoms with Crippen LogP contribution in [0, 0.1) is 11.8 Å². The van der Waals surface area contributed by atoms with E-state index in [-0.39, 0.29) is 12.3 Å². The van der Waals surface area contributed by atoms with E-state index in [4.69, 9.17) is 5.53 Å². The van der Waals surface area contributed by atoms with Gasteiger partial charge in [-0.2, -0.15) is 0 Å². The van der Waals surface area contributed by atoms with Crippen molar-refractivity contribution in [2.75, 3.05) is 6.54 Å². The molecule has 2 rings (SSSR count). The van der Waals surface area contributed by atoms with Crippen molar-refractivity contribution < 1.29 is 5.11 Å². The van der Waals surface area contributed by atoms with E-state index in [1.165, 1.54) is 0 Å². The maximum atomic E-state index is 9.24. The first-order valence-electron chi connectivity index (χ1n) is 5.69. The Morgan fingerprint density at radius 2 is 1.58 bits per heavy atom. The SMILES string of the molecule is [N-]=[N+]=NCC#Cc1ccc(-c2ccc(O)cc2)cc1. The minimum atomic E-state index is 0.177. The summed E-state index contributed by atoms with van der Waals surface area (Å²) in [6, 6.07) is 14.8. The van der Waals surface area contributed by atoms with E-state index in [1.54, 1.807) is 12.1 Å². The van der Waals surface area contributed by atoms with E-state index in [1.807, 2.05) is 36.4 Å². The molecule has 4 heteroatoms. The zero-order chi connectivity index (χ0) is 13.5. The lowest BCUT2D eigenvalue weighted by Crippen LogP contribution is -1.79. The van der Waals surface area contributed by atoms with Gasteiger partial charge < -0.3 is 5.11 Å². The van der Waals surface area contributed by atoms with Gasteiger partial charge in [-0.3, -0.25) is 0 Å². The second-order valence-corrected chi connectivity index (χ2v) is 3.81. The number of azide groups is 1. The molecule has 0 aliphatic carbocycles.